The molecular weight excluding hydrogens is 228 g/mol. The van der Waals surface area contributed by atoms with Gasteiger partial charge >= 0.3 is 5.69 Å². The molecule has 0 saturated carbocycles. The Morgan fingerprint density at radius 3 is 3.19 bits per heavy atom. The zero-order chi connectivity index (χ0) is 11.1. The van der Waals surface area contributed by atoms with Gasteiger partial charge in [0, 0.05) is 18.8 Å². The molecule has 0 spiro atoms. The molecule has 3 heterocycles. The monoisotopic (exact) mass is 236 g/mol. The molecule has 1 aliphatic heterocycles. The Morgan fingerprint density at radius 2 is 2.38 bits per heavy atom. The third-order valence-electron chi connectivity index (χ3n) is 2.84. The van der Waals surface area contributed by atoms with E-state index in [1.165, 1.54) is 0 Å². The normalized spacial score (nSPS) is 18.7. The Morgan fingerprint density at radius 1 is 1.50 bits per heavy atom. The molecule has 6 heteroatoms. The number of hydrogen-bond acceptors (Lipinski definition) is 3. The van der Waals surface area contributed by atoms with E-state index in [0.717, 1.165) is 24.2 Å². The number of H-pyrrole nitrogens is 1. The van der Waals surface area contributed by atoms with Crippen molar-refractivity contribution in [2.45, 2.75) is 18.9 Å². The van der Waals surface area contributed by atoms with Crippen molar-refractivity contribution < 1.29 is 0 Å². The van der Waals surface area contributed by atoms with Gasteiger partial charge in [0.1, 0.15) is 5.82 Å². The van der Waals surface area contributed by atoms with Crippen molar-refractivity contribution in [3.8, 4) is 0 Å². The van der Waals surface area contributed by atoms with Crippen molar-refractivity contribution in [3.05, 3.63) is 45.4 Å². The first-order chi connectivity index (χ1) is 7.75. The first-order valence-corrected chi connectivity index (χ1v) is 5.40. The second-order valence-corrected chi connectivity index (χ2v) is 4.24. The molecule has 2 aromatic heterocycles. The lowest BCUT2D eigenvalue weighted by Crippen LogP contribution is -2.20. The summed E-state index contributed by atoms with van der Waals surface area (Å²) in [7, 11) is 0. The Labute approximate surface area is 96.1 Å². The molecule has 0 fully saturated rings. The van der Waals surface area contributed by atoms with Crippen LogP contribution in [-0.2, 0) is 6.42 Å². The van der Waals surface area contributed by atoms with E-state index in [1.54, 1.807) is 17.0 Å². The summed E-state index contributed by atoms with van der Waals surface area (Å²) in [6, 6.07) is 1.85. The number of aryl methyl sites for hydroxylation is 1. The average molecular weight is 237 g/mol. The molecule has 0 unspecified atom stereocenters. The number of pyridine rings is 1. The number of aromatic amines is 1. The van der Waals surface area contributed by atoms with Gasteiger partial charge in [0.05, 0.1) is 11.1 Å². The molecule has 0 radical (unpaired) electrons. The number of fused-ring (bicyclic) bond motifs is 1. The van der Waals surface area contributed by atoms with Gasteiger partial charge in [0.15, 0.2) is 0 Å². The molecule has 1 atom stereocenters. The quantitative estimate of drug-likeness (QED) is 0.808. The summed E-state index contributed by atoms with van der Waals surface area (Å²) in [5, 5.41) is 7.01. The van der Waals surface area contributed by atoms with Gasteiger partial charge in [-0.3, -0.25) is 9.55 Å². The van der Waals surface area contributed by atoms with Crippen LogP contribution >= 0.6 is 11.6 Å². The fourth-order valence-corrected chi connectivity index (χ4v) is 2.34. The lowest BCUT2D eigenvalue weighted by molar-refractivity contribution is 0.596. The van der Waals surface area contributed by atoms with Gasteiger partial charge < -0.3 is 0 Å². The van der Waals surface area contributed by atoms with Crippen molar-refractivity contribution in [1.82, 2.24) is 19.7 Å². The smallest absolute Gasteiger partial charge is 0.271 e. The number of rotatable bonds is 1. The minimum Gasteiger partial charge on any atom is -0.271 e. The highest BCUT2D eigenvalue weighted by molar-refractivity contribution is 6.30. The standard InChI is InChI=1S/C10H9ClN4O/c11-7-3-6(4-12-5-7)8-1-2-9-13-14-10(16)15(8)9/h3-5,8H,1-2H2,(H,14,16)/t8-/m0/s1. The molecule has 16 heavy (non-hydrogen) atoms. The van der Waals surface area contributed by atoms with Crippen molar-refractivity contribution in [2.75, 3.05) is 0 Å². The van der Waals surface area contributed by atoms with Gasteiger partial charge in [0.25, 0.3) is 0 Å². The van der Waals surface area contributed by atoms with Crippen molar-refractivity contribution in [3.63, 3.8) is 0 Å². The van der Waals surface area contributed by atoms with Crippen LogP contribution in [-0.4, -0.2) is 19.7 Å². The van der Waals surface area contributed by atoms with E-state index in [4.69, 9.17) is 11.6 Å². The minimum absolute atomic E-state index is 0.00690. The van der Waals surface area contributed by atoms with Crippen LogP contribution in [0.25, 0.3) is 0 Å². The number of nitrogens with one attached hydrogen (secondary N) is 1. The molecule has 0 saturated heterocycles. The number of aromatic nitrogens is 4. The fourth-order valence-electron chi connectivity index (χ4n) is 2.16. The van der Waals surface area contributed by atoms with E-state index in [0.29, 0.717) is 5.02 Å². The topological polar surface area (TPSA) is 63.6 Å². The maximum Gasteiger partial charge on any atom is 0.343 e. The minimum atomic E-state index is -0.169. The maximum atomic E-state index is 11.6. The summed E-state index contributed by atoms with van der Waals surface area (Å²) < 4.78 is 1.67. The third kappa shape index (κ3) is 1.36. The van der Waals surface area contributed by atoms with Crippen LogP contribution in [0.15, 0.2) is 23.3 Å². The van der Waals surface area contributed by atoms with Crippen LogP contribution in [0.2, 0.25) is 5.02 Å². The summed E-state index contributed by atoms with van der Waals surface area (Å²) in [5.41, 5.74) is 0.784. The van der Waals surface area contributed by atoms with E-state index in [-0.39, 0.29) is 11.7 Å². The molecular formula is C10H9ClN4O. The molecule has 0 aliphatic carbocycles. The van der Waals surface area contributed by atoms with Crippen LogP contribution in [0.5, 0.6) is 0 Å². The number of hydrogen-bond donors (Lipinski definition) is 1. The predicted molar refractivity (Wildman–Crippen MR) is 58.6 cm³/mol. The second-order valence-electron chi connectivity index (χ2n) is 3.81. The van der Waals surface area contributed by atoms with Crippen LogP contribution in [0.3, 0.4) is 0 Å². The van der Waals surface area contributed by atoms with Crippen LogP contribution in [0.1, 0.15) is 23.9 Å². The molecule has 3 rings (SSSR count). The van der Waals surface area contributed by atoms with Crippen molar-refractivity contribution in [2.24, 2.45) is 0 Å². The van der Waals surface area contributed by atoms with Gasteiger partial charge in [-0.05, 0) is 18.1 Å². The van der Waals surface area contributed by atoms with Gasteiger partial charge in [-0.15, -0.1) is 0 Å². The molecule has 5 nitrogen and oxygen atoms in total. The lowest BCUT2D eigenvalue weighted by atomic mass is 10.1. The van der Waals surface area contributed by atoms with Crippen LogP contribution in [0, 0.1) is 0 Å². The summed E-state index contributed by atoms with van der Waals surface area (Å²) in [6.45, 7) is 0. The Bertz CT molecular complexity index is 589. The Balaban J connectivity index is 2.10. The van der Waals surface area contributed by atoms with Crippen LogP contribution < -0.4 is 5.69 Å². The first kappa shape index (κ1) is 9.59. The third-order valence-corrected chi connectivity index (χ3v) is 3.05. The van der Waals surface area contributed by atoms with Crippen molar-refractivity contribution in [1.29, 1.82) is 0 Å². The molecule has 82 valence electrons. The molecule has 0 aromatic carbocycles. The first-order valence-electron chi connectivity index (χ1n) is 5.02. The Hall–Kier alpha value is -1.62. The molecule has 0 amide bonds. The highest BCUT2D eigenvalue weighted by Crippen LogP contribution is 2.29. The highest BCUT2D eigenvalue weighted by atomic mass is 35.5. The van der Waals surface area contributed by atoms with Crippen molar-refractivity contribution >= 4 is 11.6 Å². The zero-order valence-electron chi connectivity index (χ0n) is 8.35. The Kier molecular flexibility index (Phi) is 2.07. The molecule has 1 aliphatic rings. The summed E-state index contributed by atoms with van der Waals surface area (Å²) in [6.07, 6.45) is 4.99. The highest BCUT2D eigenvalue weighted by Gasteiger charge is 2.27. The van der Waals surface area contributed by atoms with Gasteiger partial charge in [-0.2, -0.15) is 5.10 Å². The van der Waals surface area contributed by atoms with E-state index >= 15 is 0 Å². The number of nitrogens with zero attached hydrogens (tertiary/aromatic N) is 3. The SMILES string of the molecule is O=c1[nH]nc2n1[C@H](c1cncc(Cl)c1)CC2. The van der Waals surface area contributed by atoms with E-state index < -0.39 is 0 Å². The summed E-state index contributed by atoms with van der Waals surface area (Å²) >= 11 is 5.89. The van der Waals surface area contributed by atoms with Crippen LogP contribution in [0.4, 0.5) is 0 Å². The maximum absolute atomic E-state index is 11.6. The zero-order valence-corrected chi connectivity index (χ0v) is 9.11. The molecule has 1 N–H and O–H groups in total. The van der Waals surface area contributed by atoms with Gasteiger partial charge in [-0.25, -0.2) is 9.89 Å². The predicted octanol–water partition coefficient (Wildman–Crippen LogP) is 1.16. The largest absolute Gasteiger partial charge is 0.343 e. The summed E-state index contributed by atoms with van der Waals surface area (Å²) in [5.74, 6) is 0.801. The average Bonchev–Trinajstić information content (AvgIpc) is 2.82. The second kappa shape index (κ2) is 3.45. The van der Waals surface area contributed by atoms with E-state index in [1.807, 2.05) is 6.07 Å². The summed E-state index contributed by atoms with van der Waals surface area (Å²) in [4.78, 5) is 15.6. The molecule has 0 bridgehead atoms. The number of halogens is 1. The molecule has 2 aromatic rings. The fraction of sp³-hybridized carbons (Fsp3) is 0.300. The van der Waals surface area contributed by atoms with Gasteiger partial charge in [0.2, 0.25) is 0 Å². The van der Waals surface area contributed by atoms with Gasteiger partial charge in [-0.1, -0.05) is 11.6 Å². The van der Waals surface area contributed by atoms with E-state index in [2.05, 4.69) is 15.2 Å². The lowest BCUT2D eigenvalue weighted by Gasteiger charge is -2.11. The van der Waals surface area contributed by atoms with E-state index in [9.17, 15) is 4.79 Å².